The fourth-order valence-electron chi connectivity index (χ4n) is 2.02. The van der Waals surface area contributed by atoms with Gasteiger partial charge in [-0.1, -0.05) is 0 Å². The molecule has 0 bridgehead atoms. The normalized spacial score (nSPS) is 26.4. The van der Waals surface area contributed by atoms with Crippen LogP contribution in [-0.4, -0.2) is 36.2 Å². The summed E-state index contributed by atoms with van der Waals surface area (Å²) in [5.74, 6) is -0.350. The molecule has 5 nitrogen and oxygen atoms in total. The molecule has 17 heavy (non-hydrogen) atoms. The first-order valence-electron chi connectivity index (χ1n) is 5.89. The summed E-state index contributed by atoms with van der Waals surface area (Å²) in [4.78, 5) is 22.6. The summed E-state index contributed by atoms with van der Waals surface area (Å²) in [5, 5.41) is 3.12. The van der Waals surface area contributed by atoms with Crippen LogP contribution >= 0.6 is 0 Å². The van der Waals surface area contributed by atoms with Crippen LogP contribution in [0.3, 0.4) is 0 Å². The summed E-state index contributed by atoms with van der Waals surface area (Å²) in [7, 11) is 0. The molecular formula is C12H21NO4. The van der Waals surface area contributed by atoms with E-state index < -0.39 is 17.2 Å². The molecular weight excluding hydrogens is 222 g/mol. The summed E-state index contributed by atoms with van der Waals surface area (Å²) >= 11 is 0. The highest BCUT2D eigenvalue weighted by atomic mass is 16.6. The number of rotatable bonds is 4. The number of carbonyl (C=O) groups excluding carboxylic acids is 2. The third kappa shape index (κ3) is 3.19. The fraction of sp³-hybridized carbons (Fsp3) is 0.833. The molecule has 2 atom stereocenters. The summed E-state index contributed by atoms with van der Waals surface area (Å²) < 4.78 is 10.3. The Labute approximate surface area is 102 Å². The zero-order valence-electron chi connectivity index (χ0n) is 10.9. The number of nitrogens with one attached hydrogen (secondary N) is 1. The van der Waals surface area contributed by atoms with E-state index in [9.17, 15) is 9.59 Å². The SMILES string of the molecule is CC(OC=O)C1(C(=O)OC(C)(C)C)CCCN1. The number of hydrogen-bond donors (Lipinski definition) is 1. The van der Waals surface area contributed by atoms with E-state index in [1.807, 2.05) is 20.8 Å². The maximum Gasteiger partial charge on any atom is 0.330 e. The lowest BCUT2D eigenvalue weighted by atomic mass is 9.91. The van der Waals surface area contributed by atoms with Crippen molar-refractivity contribution in [1.29, 1.82) is 0 Å². The molecule has 1 rings (SSSR count). The van der Waals surface area contributed by atoms with Gasteiger partial charge in [0.25, 0.3) is 6.47 Å². The molecule has 1 aliphatic rings. The third-order valence-electron chi connectivity index (χ3n) is 2.91. The molecule has 0 amide bonds. The molecule has 0 aromatic heterocycles. The molecule has 0 aliphatic carbocycles. The molecule has 0 aromatic rings. The van der Waals surface area contributed by atoms with E-state index in [1.54, 1.807) is 6.92 Å². The highest BCUT2D eigenvalue weighted by molar-refractivity contribution is 5.82. The van der Waals surface area contributed by atoms with Crippen molar-refractivity contribution in [3.63, 3.8) is 0 Å². The highest BCUT2D eigenvalue weighted by Gasteiger charge is 2.49. The second kappa shape index (κ2) is 5.04. The first kappa shape index (κ1) is 14.0. The Balaban J connectivity index is 2.84. The minimum Gasteiger partial charge on any atom is -0.462 e. The van der Waals surface area contributed by atoms with Crippen molar-refractivity contribution in [3.05, 3.63) is 0 Å². The Kier molecular flexibility index (Phi) is 4.14. The van der Waals surface area contributed by atoms with Crippen LogP contribution in [0.5, 0.6) is 0 Å². The summed E-state index contributed by atoms with van der Waals surface area (Å²) in [6.07, 6.45) is 0.959. The summed E-state index contributed by atoms with van der Waals surface area (Å²) in [6, 6.07) is 0. The predicted octanol–water partition coefficient (Wildman–Crippen LogP) is 1.01. The fourth-order valence-corrected chi connectivity index (χ4v) is 2.02. The number of ether oxygens (including phenoxy) is 2. The van der Waals surface area contributed by atoms with Gasteiger partial charge < -0.3 is 9.47 Å². The molecule has 1 heterocycles. The van der Waals surface area contributed by atoms with Gasteiger partial charge >= 0.3 is 5.97 Å². The summed E-state index contributed by atoms with van der Waals surface area (Å²) in [6.45, 7) is 8.26. The van der Waals surface area contributed by atoms with E-state index in [-0.39, 0.29) is 5.97 Å². The first-order valence-corrected chi connectivity index (χ1v) is 5.89. The molecule has 1 saturated heterocycles. The van der Waals surface area contributed by atoms with Crippen molar-refractivity contribution in [2.75, 3.05) is 6.54 Å². The average molecular weight is 243 g/mol. The zero-order valence-corrected chi connectivity index (χ0v) is 10.9. The lowest BCUT2D eigenvalue weighted by Gasteiger charge is -2.34. The predicted molar refractivity (Wildman–Crippen MR) is 62.4 cm³/mol. The van der Waals surface area contributed by atoms with Gasteiger partial charge in [-0.15, -0.1) is 0 Å². The van der Waals surface area contributed by atoms with Gasteiger partial charge in [-0.05, 0) is 47.1 Å². The van der Waals surface area contributed by atoms with Crippen molar-refractivity contribution in [2.24, 2.45) is 0 Å². The van der Waals surface area contributed by atoms with E-state index in [4.69, 9.17) is 9.47 Å². The van der Waals surface area contributed by atoms with Gasteiger partial charge in [-0.2, -0.15) is 0 Å². The molecule has 1 aliphatic heterocycles. The Hall–Kier alpha value is -1.10. The molecule has 0 spiro atoms. The molecule has 5 heteroatoms. The Morgan fingerprint density at radius 3 is 2.53 bits per heavy atom. The Bertz CT molecular complexity index is 289. The van der Waals surface area contributed by atoms with Gasteiger partial charge in [0.1, 0.15) is 11.7 Å². The van der Waals surface area contributed by atoms with Crippen molar-refractivity contribution >= 4 is 12.4 Å². The van der Waals surface area contributed by atoms with Gasteiger partial charge in [0, 0.05) is 0 Å². The number of hydrogen-bond acceptors (Lipinski definition) is 5. The van der Waals surface area contributed by atoms with Gasteiger partial charge in [0.15, 0.2) is 5.54 Å². The van der Waals surface area contributed by atoms with Crippen LogP contribution < -0.4 is 5.32 Å². The van der Waals surface area contributed by atoms with Crippen LogP contribution in [0.25, 0.3) is 0 Å². The largest absolute Gasteiger partial charge is 0.462 e. The average Bonchev–Trinajstić information content (AvgIpc) is 2.64. The van der Waals surface area contributed by atoms with Crippen molar-refractivity contribution in [1.82, 2.24) is 5.32 Å². The topological polar surface area (TPSA) is 64.6 Å². The van der Waals surface area contributed by atoms with Crippen molar-refractivity contribution in [2.45, 2.75) is 57.8 Å². The van der Waals surface area contributed by atoms with Crippen LogP contribution in [0.1, 0.15) is 40.5 Å². The number of carbonyl (C=O) groups is 2. The molecule has 1 fully saturated rings. The number of esters is 1. The standard InChI is InChI=1S/C12H21NO4/c1-9(16-8-14)12(6-5-7-13-12)10(15)17-11(2,3)4/h8-9,13H,5-7H2,1-4H3. The monoisotopic (exact) mass is 243 g/mol. The van der Waals surface area contributed by atoms with Crippen molar-refractivity contribution < 1.29 is 19.1 Å². The van der Waals surface area contributed by atoms with Crippen molar-refractivity contribution in [3.8, 4) is 0 Å². The van der Waals surface area contributed by atoms with E-state index in [2.05, 4.69) is 5.32 Å². The van der Waals surface area contributed by atoms with E-state index in [0.717, 1.165) is 13.0 Å². The van der Waals surface area contributed by atoms with Crippen LogP contribution in [0.2, 0.25) is 0 Å². The smallest absolute Gasteiger partial charge is 0.330 e. The lowest BCUT2D eigenvalue weighted by molar-refractivity contribution is -0.169. The molecule has 98 valence electrons. The lowest BCUT2D eigenvalue weighted by Crippen LogP contribution is -2.58. The van der Waals surface area contributed by atoms with Gasteiger partial charge in [-0.3, -0.25) is 10.1 Å². The molecule has 0 radical (unpaired) electrons. The summed E-state index contributed by atoms with van der Waals surface area (Å²) in [5.41, 5.74) is -1.44. The quantitative estimate of drug-likeness (QED) is 0.589. The van der Waals surface area contributed by atoms with Gasteiger partial charge in [0.2, 0.25) is 0 Å². The molecule has 2 unspecified atom stereocenters. The van der Waals surface area contributed by atoms with E-state index in [0.29, 0.717) is 12.9 Å². The second-order valence-corrected chi connectivity index (χ2v) is 5.38. The first-order chi connectivity index (χ1) is 7.82. The zero-order chi connectivity index (χ0) is 13.1. The minimum absolute atomic E-state index is 0.350. The third-order valence-corrected chi connectivity index (χ3v) is 2.91. The van der Waals surface area contributed by atoms with E-state index in [1.165, 1.54) is 0 Å². The Morgan fingerprint density at radius 2 is 2.12 bits per heavy atom. The molecule has 1 N–H and O–H groups in total. The highest BCUT2D eigenvalue weighted by Crippen LogP contribution is 2.28. The minimum atomic E-state index is -0.895. The van der Waals surface area contributed by atoms with Crippen LogP contribution in [0.15, 0.2) is 0 Å². The van der Waals surface area contributed by atoms with Crippen LogP contribution in [0, 0.1) is 0 Å². The van der Waals surface area contributed by atoms with Crippen LogP contribution in [-0.2, 0) is 19.1 Å². The maximum absolute atomic E-state index is 12.2. The second-order valence-electron chi connectivity index (χ2n) is 5.38. The van der Waals surface area contributed by atoms with E-state index >= 15 is 0 Å². The van der Waals surface area contributed by atoms with Gasteiger partial charge in [-0.25, -0.2) is 4.79 Å². The Morgan fingerprint density at radius 1 is 1.47 bits per heavy atom. The van der Waals surface area contributed by atoms with Crippen LogP contribution in [0.4, 0.5) is 0 Å². The molecule has 0 saturated carbocycles. The van der Waals surface area contributed by atoms with Gasteiger partial charge in [0.05, 0.1) is 0 Å². The molecule has 0 aromatic carbocycles. The maximum atomic E-state index is 12.2.